The predicted molar refractivity (Wildman–Crippen MR) is 85.9 cm³/mol. The zero-order valence-corrected chi connectivity index (χ0v) is 13.7. The quantitative estimate of drug-likeness (QED) is 0.773. The number of anilines is 1. The van der Waals surface area contributed by atoms with Crippen LogP contribution in [0.1, 0.15) is 56.1 Å². The molecule has 1 aromatic rings. The lowest BCUT2D eigenvalue weighted by molar-refractivity contribution is 0.0894. The van der Waals surface area contributed by atoms with Crippen LogP contribution in [0.5, 0.6) is 0 Å². The Hall–Kier alpha value is -1.62. The van der Waals surface area contributed by atoms with Gasteiger partial charge < -0.3 is 15.4 Å². The van der Waals surface area contributed by atoms with Crippen LogP contribution in [0.15, 0.2) is 12.1 Å². The second-order valence-electron chi connectivity index (χ2n) is 5.38. The van der Waals surface area contributed by atoms with Crippen molar-refractivity contribution in [3.05, 3.63) is 23.4 Å². The number of methoxy groups -OCH3 is 1. The molecule has 1 rings (SSSR count). The number of nitrogens with one attached hydrogen (secondary N) is 2. The second-order valence-corrected chi connectivity index (χ2v) is 5.38. The van der Waals surface area contributed by atoms with E-state index < -0.39 is 0 Å². The van der Waals surface area contributed by atoms with E-state index in [0.717, 1.165) is 24.5 Å². The molecule has 0 fully saturated rings. The van der Waals surface area contributed by atoms with Crippen molar-refractivity contribution in [2.24, 2.45) is 0 Å². The second kappa shape index (κ2) is 8.62. The molecule has 0 spiro atoms. The number of aromatic nitrogens is 1. The lowest BCUT2D eigenvalue weighted by Crippen LogP contribution is -2.37. The topological polar surface area (TPSA) is 63.2 Å². The highest BCUT2D eigenvalue weighted by molar-refractivity contribution is 5.95. The number of amides is 1. The van der Waals surface area contributed by atoms with Crippen molar-refractivity contribution in [3.8, 4) is 0 Å². The van der Waals surface area contributed by atoms with Crippen molar-refractivity contribution >= 4 is 11.7 Å². The van der Waals surface area contributed by atoms with Crippen LogP contribution in [0.3, 0.4) is 0 Å². The van der Waals surface area contributed by atoms with Crippen molar-refractivity contribution in [2.45, 2.75) is 46.1 Å². The number of carbonyl (C=O) groups excluding carboxylic acids is 1. The summed E-state index contributed by atoms with van der Waals surface area (Å²) >= 11 is 0. The van der Waals surface area contributed by atoms with Gasteiger partial charge in [0.25, 0.3) is 5.91 Å². The summed E-state index contributed by atoms with van der Waals surface area (Å²) in [5.41, 5.74) is 1.55. The summed E-state index contributed by atoms with van der Waals surface area (Å²) in [6.45, 7) is 9.47. The van der Waals surface area contributed by atoms with Gasteiger partial charge in [-0.2, -0.15) is 0 Å². The number of rotatable bonds is 8. The van der Waals surface area contributed by atoms with Gasteiger partial charge in [0.05, 0.1) is 12.6 Å². The largest absolute Gasteiger partial charge is 0.383 e. The molecule has 118 valence electrons. The third kappa shape index (κ3) is 5.34. The normalized spacial score (nSPS) is 12.3. The van der Waals surface area contributed by atoms with E-state index in [1.165, 1.54) is 0 Å². The number of carbonyl (C=O) groups is 1. The van der Waals surface area contributed by atoms with Crippen LogP contribution in [-0.4, -0.2) is 37.2 Å². The van der Waals surface area contributed by atoms with E-state index in [9.17, 15) is 4.79 Å². The van der Waals surface area contributed by atoms with Gasteiger partial charge in [-0.3, -0.25) is 4.79 Å². The molecule has 0 saturated heterocycles. The highest BCUT2D eigenvalue weighted by atomic mass is 16.5. The van der Waals surface area contributed by atoms with Gasteiger partial charge in [-0.15, -0.1) is 0 Å². The van der Waals surface area contributed by atoms with E-state index in [0.29, 0.717) is 12.2 Å². The standard InChI is InChI=1S/C16H27N3O2/c1-6-13(10-21-5)18-16(20)12-8-14(11(3)4)19-15(9-12)17-7-2/h8-9,11,13H,6-7,10H2,1-5H3,(H,17,19)(H,18,20). The highest BCUT2D eigenvalue weighted by Crippen LogP contribution is 2.18. The first kappa shape index (κ1) is 17.4. The molecule has 21 heavy (non-hydrogen) atoms. The Morgan fingerprint density at radius 3 is 2.57 bits per heavy atom. The van der Waals surface area contributed by atoms with Crippen molar-refractivity contribution in [3.63, 3.8) is 0 Å². The van der Waals surface area contributed by atoms with Crippen LogP contribution < -0.4 is 10.6 Å². The number of hydrogen-bond donors (Lipinski definition) is 2. The maximum Gasteiger partial charge on any atom is 0.251 e. The van der Waals surface area contributed by atoms with E-state index in [-0.39, 0.29) is 17.9 Å². The average molecular weight is 293 g/mol. The maximum absolute atomic E-state index is 12.4. The van der Waals surface area contributed by atoms with E-state index in [4.69, 9.17) is 4.74 Å². The van der Waals surface area contributed by atoms with Crippen LogP contribution >= 0.6 is 0 Å². The fourth-order valence-corrected chi connectivity index (χ4v) is 1.98. The maximum atomic E-state index is 12.4. The van der Waals surface area contributed by atoms with Crippen LogP contribution in [0.4, 0.5) is 5.82 Å². The Morgan fingerprint density at radius 2 is 2.05 bits per heavy atom. The Balaban J connectivity index is 2.96. The minimum atomic E-state index is -0.0812. The summed E-state index contributed by atoms with van der Waals surface area (Å²) in [4.78, 5) is 16.9. The third-order valence-corrected chi connectivity index (χ3v) is 3.25. The van der Waals surface area contributed by atoms with Crippen molar-refractivity contribution in [2.75, 3.05) is 25.6 Å². The lowest BCUT2D eigenvalue weighted by atomic mass is 10.1. The Labute approximate surface area is 127 Å². The summed E-state index contributed by atoms with van der Waals surface area (Å²) in [5, 5.41) is 6.17. The summed E-state index contributed by atoms with van der Waals surface area (Å²) in [6, 6.07) is 3.69. The highest BCUT2D eigenvalue weighted by Gasteiger charge is 2.15. The Morgan fingerprint density at radius 1 is 1.33 bits per heavy atom. The molecule has 2 N–H and O–H groups in total. The van der Waals surface area contributed by atoms with Gasteiger partial charge >= 0.3 is 0 Å². The minimum absolute atomic E-state index is 0.0285. The van der Waals surface area contributed by atoms with Gasteiger partial charge in [-0.05, 0) is 31.4 Å². The third-order valence-electron chi connectivity index (χ3n) is 3.25. The summed E-state index contributed by atoms with van der Waals surface area (Å²) in [6.07, 6.45) is 0.835. The van der Waals surface area contributed by atoms with Crippen molar-refractivity contribution < 1.29 is 9.53 Å². The first-order chi connectivity index (χ1) is 10.0. The number of pyridine rings is 1. The van der Waals surface area contributed by atoms with Crippen LogP contribution in [0.25, 0.3) is 0 Å². The Bertz CT molecular complexity index is 461. The molecule has 0 radical (unpaired) electrons. The first-order valence-electron chi connectivity index (χ1n) is 7.57. The average Bonchev–Trinajstić information content (AvgIpc) is 2.46. The van der Waals surface area contributed by atoms with Gasteiger partial charge in [0, 0.05) is 24.9 Å². The van der Waals surface area contributed by atoms with Crippen molar-refractivity contribution in [1.82, 2.24) is 10.3 Å². The molecule has 0 aliphatic carbocycles. The molecule has 1 aromatic heterocycles. The summed E-state index contributed by atoms with van der Waals surface area (Å²) in [5.74, 6) is 0.937. The fraction of sp³-hybridized carbons (Fsp3) is 0.625. The minimum Gasteiger partial charge on any atom is -0.383 e. The molecule has 0 aromatic carbocycles. The molecule has 5 heteroatoms. The van der Waals surface area contributed by atoms with E-state index in [2.05, 4.69) is 29.5 Å². The first-order valence-corrected chi connectivity index (χ1v) is 7.57. The molecule has 0 saturated carbocycles. The molecule has 5 nitrogen and oxygen atoms in total. The van der Waals surface area contributed by atoms with Crippen molar-refractivity contribution in [1.29, 1.82) is 0 Å². The molecule has 1 unspecified atom stereocenters. The zero-order valence-electron chi connectivity index (χ0n) is 13.7. The SMILES string of the molecule is CCNc1cc(C(=O)NC(CC)COC)cc(C(C)C)n1. The Kier molecular flexibility index (Phi) is 7.15. The predicted octanol–water partition coefficient (Wildman–Crippen LogP) is 2.79. The van der Waals surface area contributed by atoms with E-state index in [1.54, 1.807) is 13.2 Å². The molecular formula is C16H27N3O2. The molecule has 1 heterocycles. The zero-order chi connectivity index (χ0) is 15.8. The lowest BCUT2D eigenvalue weighted by Gasteiger charge is -2.17. The fourth-order valence-electron chi connectivity index (χ4n) is 1.98. The van der Waals surface area contributed by atoms with E-state index in [1.807, 2.05) is 19.9 Å². The summed E-state index contributed by atoms with van der Waals surface area (Å²) in [7, 11) is 1.64. The van der Waals surface area contributed by atoms with Gasteiger partial charge in [0.1, 0.15) is 5.82 Å². The monoisotopic (exact) mass is 293 g/mol. The number of nitrogens with zero attached hydrogens (tertiary/aromatic N) is 1. The molecule has 0 bridgehead atoms. The number of hydrogen-bond acceptors (Lipinski definition) is 4. The number of ether oxygens (including phenoxy) is 1. The van der Waals surface area contributed by atoms with Crippen LogP contribution in [0.2, 0.25) is 0 Å². The van der Waals surface area contributed by atoms with E-state index >= 15 is 0 Å². The molecule has 0 aliphatic heterocycles. The van der Waals surface area contributed by atoms with Crippen LogP contribution in [-0.2, 0) is 4.74 Å². The molecule has 0 aliphatic rings. The van der Waals surface area contributed by atoms with Gasteiger partial charge in [0.2, 0.25) is 0 Å². The smallest absolute Gasteiger partial charge is 0.251 e. The van der Waals surface area contributed by atoms with Crippen LogP contribution in [0, 0.1) is 0 Å². The van der Waals surface area contributed by atoms with Gasteiger partial charge in [-0.1, -0.05) is 20.8 Å². The van der Waals surface area contributed by atoms with Gasteiger partial charge in [0.15, 0.2) is 0 Å². The van der Waals surface area contributed by atoms with Gasteiger partial charge in [-0.25, -0.2) is 4.98 Å². The molecular weight excluding hydrogens is 266 g/mol. The molecule has 1 amide bonds. The molecule has 1 atom stereocenters. The summed E-state index contributed by atoms with van der Waals surface area (Å²) < 4.78 is 5.12.